The SMILES string of the molecule is O=C(Cc1ccc(Oc2ccc(Cl)cc2)cc1)[C@@H]1C[C@@H](Cc2ccccc2)CN1C(=O)Cn1nccn1. The van der Waals surface area contributed by atoms with Gasteiger partial charge in [0.15, 0.2) is 5.78 Å². The first-order valence-corrected chi connectivity index (χ1v) is 12.6. The standard InChI is InChI=1S/C29H27ClN4O3/c30-24-8-12-26(13-9-24)37-25-10-6-22(7-11-25)18-28(35)27-17-23(16-21-4-2-1-3-5-21)19-33(27)29(36)20-34-31-14-15-32-34/h1-15,23,27H,16-20H2/t23-,27+/m1/s1. The molecule has 4 aromatic rings. The van der Waals surface area contributed by atoms with Crippen molar-refractivity contribution in [2.75, 3.05) is 6.54 Å². The van der Waals surface area contributed by atoms with E-state index < -0.39 is 6.04 Å². The Labute approximate surface area is 220 Å². The molecule has 1 amide bonds. The first-order valence-electron chi connectivity index (χ1n) is 12.3. The first-order chi connectivity index (χ1) is 18.0. The third-order valence-corrected chi connectivity index (χ3v) is 6.79. The molecule has 0 bridgehead atoms. The summed E-state index contributed by atoms with van der Waals surface area (Å²) < 4.78 is 5.85. The van der Waals surface area contributed by atoms with E-state index in [1.165, 1.54) is 10.4 Å². The predicted molar refractivity (Wildman–Crippen MR) is 140 cm³/mol. The Morgan fingerprint density at radius 1 is 0.865 bits per heavy atom. The van der Waals surface area contributed by atoms with Crippen LogP contribution in [0.4, 0.5) is 0 Å². The van der Waals surface area contributed by atoms with Gasteiger partial charge in [-0.3, -0.25) is 9.59 Å². The van der Waals surface area contributed by atoms with Crippen LogP contribution in [-0.4, -0.2) is 44.2 Å². The Balaban J connectivity index is 1.26. The second-order valence-electron chi connectivity index (χ2n) is 9.26. The molecule has 0 N–H and O–H groups in total. The molecule has 1 fully saturated rings. The minimum atomic E-state index is -0.471. The zero-order valence-electron chi connectivity index (χ0n) is 20.2. The van der Waals surface area contributed by atoms with Crippen molar-refractivity contribution in [2.24, 2.45) is 5.92 Å². The molecule has 37 heavy (non-hydrogen) atoms. The molecule has 7 nitrogen and oxygen atoms in total. The van der Waals surface area contributed by atoms with Gasteiger partial charge in [0.25, 0.3) is 0 Å². The quantitative estimate of drug-likeness (QED) is 0.314. The number of halogens is 1. The summed E-state index contributed by atoms with van der Waals surface area (Å²) in [6, 6.07) is 24.3. The summed E-state index contributed by atoms with van der Waals surface area (Å²) in [6.07, 6.45) is 4.79. The van der Waals surface area contributed by atoms with Gasteiger partial charge in [-0.05, 0) is 66.3 Å². The average molecular weight is 515 g/mol. The summed E-state index contributed by atoms with van der Waals surface area (Å²) in [7, 11) is 0. The number of nitrogens with zero attached hydrogens (tertiary/aromatic N) is 4. The van der Waals surface area contributed by atoms with Crippen molar-refractivity contribution in [1.82, 2.24) is 19.9 Å². The number of likely N-dealkylation sites (tertiary alicyclic amines) is 1. The molecule has 2 atom stereocenters. The number of aromatic nitrogens is 3. The summed E-state index contributed by atoms with van der Waals surface area (Å²) in [5.41, 5.74) is 2.08. The molecule has 1 aliphatic heterocycles. The van der Waals surface area contributed by atoms with E-state index in [1.54, 1.807) is 41.6 Å². The van der Waals surface area contributed by atoms with Crippen molar-refractivity contribution in [2.45, 2.75) is 31.8 Å². The van der Waals surface area contributed by atoms with Crippen LogP contribution in [0.15, 0.2) is 91.3 Å². The van der Waals surface area contributed by atoms with E-state index in [1.807, 2.05) is 42.5 Å². The summed E-state index contributed by atoms with van der Waals surface area (Å²) >= 11 is 5.93. The highest BCUT2D eigenvalue weighted by Crippen LogP contribution is 2.29. The zero-order chi connectivity index (χ0) is 25.6. The van der Waals surface area contributed by atoms with Gasteiger partial charge in [-0.2, -0.15) is 15.0 Å². The molecular weight excluding hydrogens is 488 g/mol. The van der Waals surface area contributed by atoms with Gasteiger partial charge in [0.2, 0.25) is 5.91 Å². The van der Waals surface area contributed by atoms with Crippen molar-refractivity contribution < 1.29 is 14.3 Å². The fourth-order valence-electron chi connectivity index (χ4n) is 4.77. The number of ketones is 1. The lowest BCUT2D eigenvalue weighted by atomic mass is 9.94. The normalized spacial score (nSPS) is 17.1. The van der Waals surface area contributed by atoms with E-state index in [2.05, 4.69) is 22.3 Å². The number of rotatable bonds is 9. The summed E-state index contributed by atoms with van der Waals surface area (Å²) in [5, 5.41) is 8.74. The lowest BCUT2D eigenvalue weighted by molar-refractivity contribution is -0.138. The van der Waals surface area contributed by atoms with E-state index in [4.69, 9.17) is 16.3 Å². The topological polar surface area (TPSA) is 77.3 Å². The Hall–Kier alpha value is -3.97. The first kappa shape index (κ1) is 24.7. The second kappa shape index (κ2) is 11.4. The van der Waals surface area contributed by atoms with Gasteiger partial charge in [0.05, 0.1) is 18.4 Å². The number of Topliss-reactive ketones (excluding diaryl/α,β-unsaturated/α-hetero) is 1. The molecule has 188 valence electrons. The van der Waals surface area contributed by atoms with E-state index in [0.29, 0.717) is 29.5 Å². The zero-order valence-corrected chi connectivity index (χ0v) is 21.0. The van der Waals surface area contributed by atoms with Crippen molar-refractivity contribution in [1.29, 1.82) is 0 Å². The number of amides is 1. The molecule has 8 heteroatoms. The van der Waals surface area contributed by atoms with Crippen molar-refractivity contribution in [3.8, 4) is 11.5 Å². The minimum absolute atomic E-state index is 0.0194. The van der Waals surface area contributed by atoms with E-state index in [0.717, 1.165) is 12.0 Å². The molecule has 1 aliphatic rings. The van der Waals surface area contributed by atoms with Gasteiger partial charge in [-0.25, -0.2) is 0 Å². The number of benzene rings is 3. The molecule has 5 rings (SSSR count). The van der Waals surface area contributed by atoms with Crippen LogP contribution < -0.4 is 4.74 Å². The maximum Gasteiger partial charge on any atom is 0.246 e. The molecule has 2 heterocycles. The van der Waals surface area contributed by atoms with Crippen molar-refractivity contribution >= 4 is 23.3 Å². The van der Waals surface area contributed by atoms with Gasteiger partial charge in [-0.1, -0.05) is 54.1 Å². The van der Waals surface area contributed by atoms with Gasteiger partial charge in [0.1, 0.15) is 18.0 Å². The Bertz CT molecular complexity index is 1330. The fraction of sp³-hybridized carbons (Fsp3) is 0.241. The molecule has 0 saturated carbocycles. The number of hydrogen-bond donors (Lipinski definition) is 0. The smallest absolute Gasteiger partial charge is 0.246 e. The van der Waals surface area contributed by atoms with E-state index in [9.17, 15) is 9.59 Å². The third-order valence-electron chi connectivity index (χ3n) is 6.54. The highest BCUT2D eigenvalue weighted by molar-refractivity contribution is 6.30. The van der Waals surface area contributed by atoms with E-state index in [-0.39, 0.29) is 30.6 Å². The monoisotopic (exact) mass is 514 g/mol. The lowest BCUT2D eigenvalue weighted by Gasteiger charge is -2.23. The predicted octanol–water partition coefficient (Wildman–Crippen LogP) is 5.00. The Morgan fingerprint density at radius 2 is 1.51 bits per heavy atom. The van der Waals surface area contributed by atoms with E-state index >= 15 is 0 Å². The van der Waals surface area contributed by atoms with Crippen LogP contribution in [0.3, 0.4) is 0 Å². The molecule has 0 unspecified atom stereocenters. The summed E-state index contributed by atoms with van der Waals surface area (Å²) in [5.74, 6) is 1.46. The van der Waals surface area contributed by atoms with Gasteiger partial charge < -0.3 is 9.64 Å². The van der Waals surface area contributed by atoms with Gasteiger partial charge >= 0.3 is 0 Å². The molecule has 0 radical (unpaired) electrons. The number of ether oxygens (including phenoxy) is 1. The van der Waals surface area contributed by atoms with Crippen LogP contribution in [0.5, 0.6) is 11.5 Å². The largest absolute Gasteiger partial charge is 0.457 e. The summed E-state index contributed by atoms with van der Waals surface area (Å²) in [6.45, 7) is 0.560. The molecule has 3 aromatic carbocycles. The number of hydrogen-bond acceptors (Lipinski definition) is 5. The summed E-state index contributed by atoms with van der Waals surface area (Å²) in [4.78, 5) is 29.7. The van der Waals surface area contributed by atoms with Gasteiger partial charge in [0, 0.05) is 18.0 Å². The minimum Gasteiger partial charge on any atom is -0.457 e. The molecule has 0 aliphatic carbocycles. The third kappa shape index (κ3) is 6.43. The second-order valence-corrected chi connectivity index (χ2v) is 9.69. The number of carbonyl (C=O) groups excluding carboxylic acids is 2. The van der Waals surface area contributed by atoms with Crippen LogP contribution in [0, 0.1) is 5.92 Å². The highest BCUT2D eigenvalue weighted by atomic mass is 35.5. The van der Waals surface area contributed by atoms with Crippen molar-refractivity contribution in [3.05, 3.63) is 107 Å². The fourth-order valence-corrected chi connectivity index (χ4v) is 4.89. The van der Waals surface area contributed by atoms with Crippen LogP contribution in [0.1, 0.15) is 17.5 Å². The lowest BCUT2D eigenvalue weighted by Crippen LogP contribution is -2.43. The van der Waals surface area contributed by atoms with Crippen molar-refractivity contribution in [3.63, 3.8) is 0 Å². The maximum absolute atomic E-state index is 13.5. The maximum atomic E-state index is 13.5. The Kier molecular flexibility index (Phi) is 7.61. The molecule has 0 spiro atoms. The van der Waals surface area contributed by atoms with Crippen LogP contribution in [0.25, 0.3) is 0 Å². The number of carbonyl (C=O) groups is 2. The molecular formula is C29H27ClN4O3. The Morgan fingerprint density at radius 3 is 2.19 bits per heavy atom. The van der Waals surface area contributed by atoms with Crippen LogP contribution >= 0.6 is 11.6 Å². The average Bonchev–Trinajstić information content (AvgIpc) is 3.57. The van der Waals surface area contributed by atoms with Gasteiger partial charge in [-0.15, -0.1) is 0 Å². The van der Waals surface area contributed by atoms with Crippen LogP contribution in [0.2, 0.25) is 5.02 Å². The van der Waals surface area contributed by atoms with Crippen LogP contribution in [-0.2, 0) is 29.0 Å². The molecule has 1 saturated heterocycles. The highest BCUT2D eigenvalue weighted by Gasteiger charge is 2.39. The molecule has 1 aromatic heterocycles.